The van der Waals surface area contributed by atoms with Gasteiger partial charge in [-0.2, -0.15) is 5.10 Å². The van der Waals surface area contributed by atoms with Gasteiger partial charge in [-0.25, -0.2) is 14.5 Å². The Hall–Kier alpha value is -3.02. The van der Waals surface area contributed by atoms with E-state index in [1.54, 1.807) is 6.20 Å². The Morgan fingerprint density at radius 2 is 1.90 bits per heavy atom. The first-order valence-electron chi connectivity index (χ1n) is 11.3. The molecule has 3 aromatic rings. The number of carbonyl (C=O) groups is 1. The zero-order valence-electron chi connectivity index (χ0n) is 18.1. The summed E-state index contributed by atoms with van der Waals surface area (Å²) < 4.78 is 2.05. The molecular weight excluding hydrogens is 388 g/mol. The molecule has 0 bridgehead atoms. The topological polar surface area (TPSA) is 80.9 Å². The van der Waals surface area contributed by atoms with Crippen molar-refractivity contribution in [1.82, 2.24) is 19.7 Å². The maximum absolute atomic E-state index is 11.5. The number of carboxylic acid groups (broad SMARTS) is 1. The van der Waals surface area contributed by atoms with Gasteiger partial charge in [0.2, 0.25) is 0 Å². The lowest BCUT2D eigenvalue weighted by atomic mass is 9.87. The van der Waals surface area contributed by atoms with Crippen LogP contribution in [0.15, 0.2) is 42.7 Å². The van der Waals surface area contributed by atoms with E-state index in [0.717, 1.165) is 48.0 Å². The highest BCUT2D eigenvalue weighted by atomic mass is 16.4. The molecule has 6 heteroatoms. The van der Waals surface area contributed by atoms with E-state index in [9.17, 15) is 9.90 Å². The SMILES string of the molecule is CCCc1nc(CC2CCCCC2)nn1Cc1ccc(-c2cnccc2C(=O)O)cc1. The largest absolute Gasteiger partial charge is 0.478 e. The Kier molecular flexibility index (Phi) is 6.75. The monoisotopic (exact) mass is 418 g/mol. The van der Waals surface area contributed by atoms with Gasteiger partial charge in [0.25, 0.3) is 0 Å². The Bertz CT molecular complexity index is 1020. The molecule has 1 saturated carbocycles. The molecule has 4 rings (SSSR count). The Morgan fingerprint density at radius 1 is 1.13 bits per heavy atom. The molecule has 1 aromatic carbocycles. The second kappa shape index (κ2) is 9.86. The molecule has 0 atom stereocenters. The van der Waals surface area contributed by atoms with Crippen LogP contribution in [-0.4, -0.2) is 30.8 Å². The van der Waals surface area contributed by atoms with Gasteiger partial charge in [-0.05, 0) is 29.5 Å². The summed E-state index contributed by atoms with van der Waals surface area (Å²) in [5.41, 5.74) is 2.86. The Balaban J connectivity index is 1.51. The van der Waals surface area contributed by atoms with E-state index in [1.165, 1.54) is 44.4 Å². The van der Waals surface area contributed by atoms with Crippen LogP contribution in [0.25, 0.3) is 11.1 Å². The zero-order chi connectivity index (χ0) is 21.6. The molecule has 6 nitrogen and oxygen atoms in total. The lowest BCUT2D eigenvalue weighted by Crippen LogP contribution is -2.11. The minimum Gasteiger partial charge on any atom is -0.478 e. The van der Waals surface area contributed by atoms with Gasteiger partial charge in [-0.1, -0.05) is 63.3 Å². The normalized spacial score (nSPS) is 14.6. The summed E-state index contributed by atoms with van der Waals surface area (Å²) in [7, 11) is 0. The summed E-state index contributed by atoms with van der Waals surface area (Å²) in [5, 5.41) is 14.3. The van der Waals surface area contributed by atoms with Gasteiger partial charge in [0, 0.05) is 30.8 Å². The van der Waals surface area contributed by atoms with Crippen LogP contribution in [0.4, 0.5) is 0 Å². The first-order valence-corrected chi connectivity index (χ1v) is 11.3. The molecule has 2 aromatic heterocycles. The van der Waals surface area contributed by atoms with Crippen LogP contribution >= 0.6 is 0 Å². The van der Waals surface area contributed by atoms with Crippen LogP contribution in [0, 0.1) is 5.92 Å². The van der Waals surface area contributed by atoms with E-state index in [2.05, 4.69) is 11.9 Å². The predicted octanol–water partition coefficient (Wildman–Crippen LogP) is 5.16. The molecule has 31 heavy (non-hydrogen) atoms. The fraction of sp³-hybridized carbons (Fsp3) is 0.440. The molecule has 2 heterocycles. The minimum absolute atomic E-state index is 0.261. The number of hydrogen-bond donors (Lipinski definition) is 1. The lowest BCUT2D eigenvalue weighted by Gasteiger charge is -2.19. The summed E-state index contributed by atoms with van der Waals surface area (Å²) in [5.74, 6) is 1.81. The molecule has 0 aliphatic heterocycles. The van der Waals surface area contributed by atoms with Gasteiger partial charge in [-0.3, -0.25) is 4.98 Å². The molecule has 0 radical (unpaired) electrons. The number of nitrogens with zero attached hydrogens (tertiary/aromatic N) is 4. The van der Waals surface area contributed by atoms with Crippen molar-refractivity contribution in [1.29, 1.82) is 0 Å². The second-order valence-electron chi connectivity index (χ2n) is 8.48. The van der Waals surface area contributed by atoms with Crippen molar-refractivity contribution in [3.05, 3.63) is 65.5 Å². The van der Waals surface area contributed by atoms with E-state index < -0.39 is 5.97 Å². The number of carboxylic acids is 1. The third-order valence-corrected chi connectivity index (χ3v) is 6.11. The minimum atomic E-state index is -0.946. The number of rotatable bonds is 8. The third kappa shape index (κ3) is 5.19. The van der Waals surface area contributed by atoms with Gasteiger partial charge in [0.15, 0.2) is 5.82 Å². The number of pyridine rings is 1. The summed E-state index contributed by atoms with van der Waals surface area (Å²) in [4.78, 5) is 20.5. The summed E-state index contributed by atoms with van der Waals surface area (Å²) in [6.07, 6.45) is 12.7. The molecule has 1 aliphatic rings. The number of benzene rings is 1. The average molecular weight is 419 g/mol. The highest BCUT2D eigenvalue weighted by Gasteiger charge is 2.18. The van der Waals surface area contributed by atoms with Crippen molar-refractivity contribution in [3.8, 4) is 11.1 Å². The van der Waals surface area contributed by atoms with Gasteiger partial charge < -0.3 is 5.11 Å². The van der Waals surface area contributed by atoms with Crippen LogP contribution in [0.2, 0.25) is 0 Å². The van der Waals surface area contributed by atoms with Crippen molar-refractivity contribution in [2.45, 2.75) is 64.8 Å². The maximum atomic E-state index is 11.5. The van der Waals surface area contributed by atoms with E-state index in [-0.39, 0.29) is 5.56 Å². The van der Waals surface area contributed by atoms with Gasteiger partial charge in [-0.15, -0.1) is 0 Å². The van der Waals surface area contributed by atoms with Crippen LogP contribution in [0.1, 0.15) is 73.0 Å². The van der Waals surface area contributed by atoms with Crippen LogP contribution in [0.3, 0.4) is 0 Å². The van der Waals surface area contributed by atoms with Gasteiger partial charge in [0.1, 0.15) is 5.82 Å². The van der Waals surface area contributed by atoms with Crippen molar-refractivity contribution in [2.75, 3.05) is 0 Å². The van der Waals surface area contributed by atoms with E-state index in [1.807, 2.05) is 28.9 Å². The summed E-state index contributed by atoms with van der Waals surface area (Å²) in [6.45, 7) is 2.84. The standard InChI is InChI=1S/C25H30N4O2/c1-2-6-24-27-23(15-18-7-4-3-5-8-18)28-29(24)17-19-9-11-20(12-10-19)22-16-26-14-13-21(22)25(30)31/h9-14,16,18H,2-8,15,17H2,1H3,(H,30,31). The van der Waals surface area contributed by atoms with Crippen molar-refractivity contribution < 1.29 is 9.90 Å². The van der Waals surface area contributed by atoms with E-state index >= 15 is 0 Å². The molecule has 1 N–H and O–H groups in total. The van der Waals surface area contributed by atoms with Gasteiger partial charge >= 0.3 is 5.97 Å². The Labute approximate surface area is 183 Å². The van der Waals surface area contributed by atoms with Crippen LogP contribution < -0.4 is 0 Å². The maximum Gasteiger partial charge on any atom is 0.336 e. The smallest absolute Gasteiger partial charge is 0.336 e. The molecule has 1 fully saturated rings. The van der Waals surface area contributed by atoms with E-state index in [0.29, 0.717) is 12.1 Å². The number of aromatic carboxylic acids is 1. The van der Waals surface area contributed by atoms with Crippen molar-refractivity contribution in [3.63, 3.8) is 0 Å². The quantitative estimate of drug-likeness (QED) is 0.546. The van der Waals surface area contributed by atoms with Crippen LogP contribution in [-0.2, 0) is 19.4 Å². The average Bonchev–Trinajstić information content (AvgIpc) is 3.16. The highest BCUT2D eigenvalue weighted by Crippen LogP contribution is 2.27. The molecule has 0 saturated heterocycles. The second-order valence-corrected chi connectivity index (χ2v) is 8.48. The molecular formula is C25H30N4O2. The highest BCUT2D eigenvalue weighted by molar-refractivity contribution is 5.95. The Morgan fingerprint density at radius 3 is 2.61 bits per heavy atom. The first-order chi connectivity index (χ1) is 15.1. The third-order valence-electron chi connectivity index (χ3n) is 6.11. The fourth-order valence-electron chi connectivity index (χ4n) is 4.47. The lowest BCUT2D eigenvalue weighted by molar-refractivity contribution is 0.0697. The van der Waals surface area contributed by atoms with E-state index in [4.69, 9.17) is 10.1 Å². The molecule has 0 amide bonds. The molecule has 0 spiro atoms. The number of aryl methyl sites for hydroxylation is 1. The zero-order valence-corrected chi connectivity index (χ0v) is 18.1. The summed E-state index contributed by atoms with van der Waals surface area (Å²) >= 11 is 0. The predicted molar refractivity (Wildman–Crippen MR) is 120 cm³/mol. The van der Waals surface area contributed by atoms with Crippen LogP contribution in [0.5, 0.6) is 0 Å². The molecule has 162 valence electrons. The number of aromatic nitrogens is 4. The number of hydrogen-bond acceptors (Lipinski definition) is 4. The van der Waals surface area contributed by atoms with Gasteiger partial charge in [0.05, 0.1) is 12.1 Å². The van der Waals surface area contributed by atoms with Crippen molar-refractivity contribution >= 4 is 5.97 Å². The first kappa shape index (κ1) is 21.2. The van der Waals surface area contributed by atoms with Crippen molar-refractivity contribution in [2.24, 2.45) is 5.92 Å². The molecule has 0 unspecified atom stereocenters. The fourth-order valence-corrected chi connectivity index (χ4v) is 4.47. The molecule has 1 aliphatic carbocycles. The summed E-state index contributed by atoms with van der Waals surface area (Å²) in [6, 6.07) is 9.51.